The first-order chi connectivity index (χ1) is 14.6. The molecule has 1 aromatic heterocycles. The Hall–Kier alpha value is -3.48. The molecule has 3 rings (SSSR count). The number of hydrogen-bond acceptors (Lipinski definition) is 5. The van der Waals surface area contributed by atoms with E-state index in [1.807, 2.05) is 66.3 Å². The van der Waals surface area contributed by atoms with Crippen LogP contribution >= 0.6 is 0 Å². The fourth-order valence-electron chi connectivity index (χ4n) is 3.08. The van der Waals surface area contributed by atoms with E-state index in [1.54, 1.807) is 20.4 Å². The van der Waals surface area contributed by atoms with Crippen LogP contribution in [0.2, 0.25) is 0 Å². The van der Waals surface area contributed by atoms with E-state index in [1.165, 1.54) is 0 Å². The number of nitrogens with zero attached hydrogens (tertiary/aromatic N) is 2. The first-order valence-corrected chi connectivity index (χ1v) is 9.78. The molecule has 0 aliphatic rings. The van der Waals surface area contributed by atoms with Gasteiger partial charge in [0.05, 0.1) is 20.8 Å². The summed E-state index contributed by atoms with van der Waals surface area (Å²) in [5.74, 6) is 3.00. The van der Waals surface area contributed by atoms with Gasteiger partial charge in [0, 0.05) is 25.9 Å². The number of aromatic nitrogens is 2. The second-order valence-corrected chi connectivity index (χ2v) is 6.80. The number of imidazole rings is 1. The van der Waals surface area contributed by atoms with Crippen molar-refractivity contribution in [2.45, 2.75) is 18.9 Å². The molecule has 7 heteroatoms. The largest absolute Gasteiger partial charge is 0.497 e. The Morgan fingerprint density at radius 2 is 1.60 bits per heavy atom. The van der Waals surface area contributed by atoms with Crippen molar-refractivity contribution in [3.05, 3.63) is 72.3 Å². The predicted octanol–water partition coefficient (Wildman–Crippen LogP) is 3.50. The van der Waals surface area contributed by atoms with Gasteiger partial charge in [0.2, 0.25) is 5.91 Å². The van der Waals surface area contributed by atoms with E-state index < -0.39 is 0 Å². The van der Waals surface area contributed by atoms with Gasteiger partial charge in [0.1, 0.15) is 29.1 Å². The summed E-state index contributed by atoms with van der Waals surface area (Å²) in [6.45, 7) is 0.454. The highest BCUT2D eigenvalue weighted by Gasteiger charge is 2.20. The molecular weight excluding hydrogens is 382 g/mol. The molecule has 7 nitrogen and oxygen atoms in total. The molecule has 0 aliphatic carbocycles. The summed E-state index contributed by atoms with van der Waals surface area (Å²) in [5.41, 5.74) is 0.938. The summed E-state index contributed by atoms with van der Waals surface area (Å²) in [6, 6.07) is 14.7. The van der Waals surface area contributed by atoms with Crippen LogP contribution in [0.1, 0.15) is 30.3 Å². The van der Waals surface area contributed by atoms with Gasteiger partial charge >= 0.3 is 0 Å². The maximum absolute atomic E-state index is 12.6. The van der Waals surface area contributed by atoms with Gasteiger partial charge in [-0.3, -0.25) is 4.79 Å². The Morgan fingerprint density at radius 3 is 2.17 bits per heavy atom. The number of carbonyl (C=O) groups is 1. The molecular formula is C23H27N3O4. The highest BCUT2D eigenvalue weighted by atomic mass is 16.5. The van der Waals surface area contributed by atoms with Gasteiger partial charge in [-0.1, -0.05) is 12.1 Å². The Balaban J connectivity index is 1.57. The summed E-state index contributed by atoms with van der Waals surface area (Å²) in [6.07, 6.45) is 4.54. The molecule has 2 aromatic carbocycles. The Labute approximate surface area is 176 Å². The van der Waals surface area contributed by atoms with E-state index in [9.17, 15) is 4.79 Å². The molecule has 1 amide bonds. The highest BCUT2D eigenvalue weighted by molar-refractivity contribution is 5.76. The van der Waals surface area contributed by atoms with Crippen LogP contribution in [0.25, 0.3) is 0 Å². The van der Waals surface area contributed by atoms with Crippen molar-refractivity contribution in [1.29, 1.82) is 0 Å². The van der Waals surface area contributed by atoms with Crippen molar-refractivity contribution >= 4 is 5.91 Å². The summed E-state index contributed by atoms with van der Waals surface area (Å²) >= 11 is 0. The molecule has 0 fully saturated rings. The lowest BCUT2D eigenvalue weighted by atomic mass is 10.1. The molecule has 0 saturated carbocycles. The average Bonchev–Trinajstić information content (AvgIpc) is 3.21. The minimum atomic E-state index is -0.342. The third kappa shape index (κ3) is 5.53. The Bertz CT molecular complexity index is 936. The first-order valence-electron chi connectivity index (χ1n) is 9.78. The summed E-state index contributed by atoms with van der Waals surface area (Å²) in [4.78, 5) is 17.0. The van der Waals surface area contributed by atoms with Crippen molar-refractivity contribution in [2.24, 2.45) is 7.05 Å². The van der Waals surface area contributed by atoms with Gasteiger partial charge in [0.15, 0.2) is 0 Å². The zero-order chi connectivity index (χ0) is 21.3. The van der Waals surface area contributed by atoms with E-state index in [-0.39, 0.29) is 11.9 Å². The maximum Gasteiger partial charge on any atom is 0.220 e. The number of hydrogen-bond donors (Lipinski definition) is 1. The minimum Gasteiger partial charge on any atom is -0.497 e. The van der Waals surface area contributed by atoms with Crippen LogP contribution in [0.3, 0.4) is 0 Å². The van der Waals surface area contributed by atoms with Crippen molar-refractivity contribution < 1.29 is 19.0 Å². The predicted molar refractivity (Wildman–Crippen MR) is 114 cm³/mol. The van der Waals surface area contributed by atoms with Gasteiger partial charge in [-0.05, 0) is 48.4 Å². The van der Waals surface area contributed by atoms with Crippen molar-refractivity contribution in [3.63, 3.8) is 0 Å². The van der Waals surface area contributed by atoms with Crippen LogP contribution in [-0.2, 0) is 11.8 Å². The molecule has 3 aromatic rings. The highest BCUT2D eigenvalue weighted by Crippen LogP contribution is 2.23. The molecule has 0 aliphatic heterocycles. The fourth-order valence-corrected chi connectivity index (χ4v) is 3.08. The summed E-state index contributed by atoms with van der Waals surface area (Å²) in [5, 5.41) is 3.09. The normalized spacial score (nSPS) is 11.6. The van der Waals surface area contributed by atoms with Crippen molar-refractivity contribution in [3.8, 4) is 17.2 Å². The van der Waals surface area contributed by atoms with Crippen LogP contribution in [-0.4, -0.2) is 36.3 Å². The summed E-state index contributed by atoms with van der Waals surface area (Å²) in [7, 11) is 5.16. The molecule has 158 valence electrons. The Morgan fingerprint density at radius 1 is 1.00 bits per heavy atom. The molecule has 1 heterocycles. The van der Waals surface area contributed by atoms with Crippen molar-refractivity contribution in [1.82, 2.24) is 14.9 Å². The van der Waals surface area contributed by atoms with E-state index in [0.29, 0.717) is 19.4 Å². The number of ether oxygens (including phenoxy) is 3. The molecule has 1 N–H and O–H groups in total. The molecule has 0 radical (unpaired) electrons. The monoisotopic (exact) mass is 409 g/mol. The molecule has 1 atom stereocenters. The lowest BCUT2D eigenvalue weighted by Gasteiger charge is -2.19. The van der Waals surface area contributed by atoms with E-state index in [4.69, 9.17) is 14.2 Å². The van der Waals surface area contributed by atoms with Gasteiger partial charge < -0.3 is 24.1 Å². The first kappa shape index (κ1) is 21.2. The molecule has 30 heavy (non-hydrogen) atoms. The zero-order valence-corrected chi connectivity index (χ0v) is 17.5. The van der Waals surface area contributed by atoms with Crippen LogP contribution < -0.4 is 19.5 Å². The third-order valence-corrected chi connectivity index (χ3v) is 4.75. The second-order valence-electron chi connectivity index (χ2n) is 6.80. The number of nitrogens with one attached hydrogen (secondary N) is 1. The van der Waals surface area contributed by atoms with Crippen LogP contribution in [0.15, 0.2) is 60.9 Å². The lowest BCUT2D eigenvalue weighted by Crippen LogP contribution is -2.31. The van der Waals surface area contributed by atoms with Crippen LogP contribution in [0, 0.1) is 0 Å². The SMILES string of the molecule is COc1ccc(OCCCC(=O)N[C@@H](c2ccc(OC)cc2)c2nccn2C)cc1. The number of aryl methyl sites for hydroxylation is 1. The van der Waals surface area contributed by atoms with E-state index in [0.717, 1.165) is 28.6 Å². The maximum atomic E-state index is 12.6. The fraction of sp³-hybridized carbons (Fsp3) is 0.304. The third-order valence-electron chi connectivity index (χ3n) is 4.75. The topological polar surface area (TPSA) is 74.6 Å². The quantitative estimate of drug-likeness (QED) is 0.519. The number of benzene rings is 2. The molecule has 0 spiro atoms. The van der Waals surface area contributed by atoms with Gasteiger partial charge in [0.25, 0.3) is 0 Å². The van der Waals surface area contributed by atoms with Gasteiger partial charge in [-0.15, -0.1) is 0 Å². The molecule has 0 unspecified atom stereocenters. The molecule has 0 bridgehead atoms. The number of carbonyl (C=O) groups excluding carboxylic acids is 1. The standard InChI is InChI=1S/C23H27N3O4/c1-26-15-14-24-23(26)22(17-6-8-18(28-2)9-7-17)25-21(27)5-4-16-30-20-12-10-19(29-3)11-13-20/h6-15,22H,4-5,16H2,1-3H3,(H,25,27)/t22-/m0/s1. The smallest absolute Gasteiger partial charge is 0.220 e. The average molecular weight is 409 g/mol. The zero-order valence-electron chi connectivity index (χ0n) is 17.5. The van der Waals surface area contributed by atoms with Crippen LogP contribution in [0.4, 0.5) is 0 Å². The lowest BCUT2D eigenvalue weighted by molar-refractivity contribution is -0.121. The number of methoxy groups -OCH3 is 2. The number of amides is 1. The van der Waals surface area contributed by atoms with E-state index in [2.05, 4.69) is 10.3 Å². The second kappa shape index (κ2) is 10.3. The van der Waals surface area contributed by atoms with E-state index >= 15 is 0 Å². The minimum absolute atomic E-state index is 0.0582. The number of rotatable bonds is 10. The van der Waals surface area contributed by atoms with Gasteiger partial charge in [-0.25, -0.2) is 4.98 Å². The van der Waals surface area contributed by atoms with Gasteiger partial charge in [-0.2, -0.15) is 0 Å². The molecule has 0 saturated heterocycles. The summed E-state index contributed by atoms with van der Waals surface area (Å²) < 4.78 is 18.0. The van der Waals surface area contributed by atoms with Crippen LogP contribution in [0.5, 0.6) is 17.2 Å². The Kier molecular flexibility index (Phi) is 7.32. The van der Waals surface area contributed by atoms with Crippen molar-refractivity contribution in [2.75, 3.05) is 20.8 Å².